The van der Waals surface area contributed by atoms with Gasteiger partial charge in [0.25, 0.3) is 0 Å². The van der Waals surface area contributed by atoms with Gasteiger partial charge in [-0.2, -0.15) is 0 Å². The lowest BCUT2D eigenvalue weighted by molar-refractivity contribution is -0.140. The Bertz CT molecular complexity index is 388. The first-order valence-electron chi connectivity index (χ1n) is 5.08. The van der Waals surface area contributed by atoms with Gasteiger partial charge in [-0.15, -0.1) is 0 Å². The Morgan fingerprint density at radius 3 is 1.44 bits per heavy atom. The summed E-state index contributed by atoms with van der Waals surface area (Å²) in [5.74, 6) is -2.34. The molecule has 98 valence electrons. The van der Waals surface area contributed by atoms with E-state index in [4.69, 9.17) is 10.2 Å². The van der Waals surface area contributed by atoms with Crippen LogP contribution >= 0.6 is 0 Å². The fourth-order valence-electron chi connectivity index (χ4n) is 0.959. The summed E-state index contributed by atoms with van der Waals surface area (Å²) in [6.07, 6.45) is 0. The first-order valence-corrected chi connectivity index (χ1v) is 5.08. The number of esters is 1. The molecular formula is C12H14O6. The molecule has 0 saturated carbocycles. The maximum absolute atomic E-state index is 10.3. The number of hydrogen-bond acceptors (Lipinski definition) is 4. The second kappa shape index (κ2) is 7.83. The molecule has 18 heavy (non-hydrogen) atoms. The average molecular weight is 254 g/mol. The van der Waals surface area contributed by atoms with Gasteiger partial charge in [0, 0.05) is 6.92 Å². The zero-order chi connectivity index (χ0) is 14.1. The summed E-state index contributed by atoms with van der Waals surface area (Å²) in [5, 5.41) is 16.9. The van der Waals surface area contributed by atoms with Gasteiger partial charge in [-0.25, -0.2) is 9.59 Å². The molecule has 1 aromatic rings. The number of benzene rings is 1. The van der Waals surface area contributed by atoms with Crippen molar-refractivity contribution >= 4 is 17.9 Å². The second-order valence-corrected chi connectivity index (χ2v) is 3.11. The van der Waals surface area contributed by atoms with Gasteiger partial charge in [0.2, 0.25) is 0 Å². The molecule has 0 heterocycles. The Balaban J connectivity index is 0.000000411. The molecule has 2 N–H and O–H groups in total. The summed E-state index contributed by atoms with van der Waals surface area (Å²) in [6, 6.07) is 5.02. The van der Waals surface area contributed by atoms with Crippen molar-refractivity contribution in [3.63, 3.8) is 0 Å². The number of carbonyl (C=O) groups is 3. The summed E-state index contributed by atoms with van der Waals surface area (Å²) >= 11 is 0. The van der Waals surface area contributed by atoms with Crippen molar-refractivity contribution in [3.05, 3.63) is 35.4 Å². The monoisotopic (exact) mass is 254 g/mol. The zero-order valence-corrected chi connectivity index (χ0v) is 10.0. The number of hydrogen-bond donors (Lipinski definition) is 2. The zero-order valence-electron chi connectivity index (χ0n) is 10.0. The van der Waals surface area contributed by atoms with E-state index in [9.17, 15) is 14.4 Å². The van der Waals surface area contributed by atoms with Crippen molar-refractivity contribution in [2.24, 2.45) is 0 Å². The number of carbonyl (C=O) groups excluding carboxylic acids is 1. The molecule has 0 fully saturated rings. The van der Waals surface area contributed by atoms with E-state index in [1.807, 2.05) is 0 Å². The van der Waals surface area contributed by atoms with Crippen LogP contribution in [0.2, 0.25) is 0 Å². The molecule has 6 nitrogen and oxygen atoms in total. The highest BCUT2D eigenvalue weighted by atomic mass is 16.5. The fraction of sp³-hybridized carbons (Fsp3) is 0.250. The highest BCUT2D eigenvalue weighted by Gasteiger charge is 2.04. The Kier molecular flexibility index (Phi) is 6.80. The minimum atomic E-state index is -1.06. The molecule has 0 amide bonds. The predicted octanol–water partition coefficient (Wildman–Crippen LogP) is 1.65. The van der Waals surface area contributed by atoms with E-state index in [0.29, 0.717) is 6.61 Å². The van der Waals surface area contributed by atoms with E-state index in [1.54, 1.807) is 6.92 Å². The number of carboxylic acids is 2. The Morgan fingerprint density at radius 2 is 1.33 bits per heavy atom. The van der Waals surface area contributed by atoms with Gasteiger partial charge in [0.05, 0.1) is 17.7 Å². The number of ether oxygens (including phenoxy) is 1. The molecule has 0 aliphatic heterocycles. The van der Waals surface area contributed by atoms with Crippen molar-refractivity contribution < 1.29 is 29.3 Å². The number of aromatic carboxylic acids is 2. The number of rotatable bonds is 3. The smallest absolute Gasteiger partial charge is 0.335 e. The van der Waals surface area contributed by atoms with Crippen LogP contribution in [-0.4, -0.2) is 34.7 Å². The summed E-state index contributed by atoms with van der Waals surface area (Å²) in [4.78, 5) is 30.5. The lowest BCUT2D eigenvalue weighted by Crippen LogP contribution is -1.99. The molecule has 0 bridgehead atoms. The third-order valence-electron chi connectivity index (χ3n) is 1.73. The average Bonchev–Trinajstić information content (AvgIpc) is 2.29. The van der Waals surface area contributed by atoms with Crippen molar-refractivity contribution in [2.75, 3.05) is 6.61 Å². The summed E-state index contributed by atoms with van der Waals surface area (Å²) in [7, 11) is 0. The van der Waals surface area contributed by atoms with Gasteiger partial charge in [0.15, 0.2) is 0 Å². The molecule has 0 unspecified atom stereocenters. The van der Waals surface area contributed by atoms with Crippen molar-refractivity contribution in [1.29, 1.82) is 0 Å². The van der Waals surface area contributed by atoms with Crippen LogP contribution in [-0.2, 0) is 9.53 Å². The molecule has 1 rings (SSSR count). The standard InChI is InChI=1S/C8H6O4.C4H8O2/c9-7(10)5-1-2-6(4-3-5)8(11)12;1-3-6-4(2)5/h1-4H,(H,9,10)(H,11,12);3H2,1-2H3. The Labute approximate surface area is 104 Å². The minimum absolute atomic E-state index is 0.0833. The van der Waals surface area contributed by atoms with Crippen LogP contribution < -0.4 is 0 Å². The van der Waals surface area contributed by atoms with E-state index in [-0.39, 0.29) is 17.1 Å². The van der Waals surface area contributed by atoms with Crippen LogP contribution in [0, 0.1) is 0 Å². The van der Waals surface area contributed by atoms with Crippen LogP contribution in [0.4, 0.5) is 0 Å². The SMILES string of the molecule is CCOC(C)=O.O=C(O)c1ccc(C(=O)O)cc1. The van der Waals surface area contributed by atoms with Gasteiger partial charge < -0.3 is 14.9 Å². The third kappa shape index (κ3) is 6.26. The maximum Gasteiger partial charge on any atom is 0.335 e. The topological polar surface area (TPSA) is 101 Å². The maximum atomic E-state index is 10.3. The predicted molar refractivity (Wildman–Crippen MR) is 62.7 cm³/mol. The van der Waals surface area contributed by atoms with Crippen molar-refractivity contribution in [1.82, 2.24) is 0 Å². The molecule has 0 atom stereocenters. The van der Waals surface area contributed by atoms with Crippen LogP contribution in [0.25, 0.3) is 0 Å². The van der Waals surface area contributed by atoms with Crippen LogP contribution in [0.1, 0.15) is 34.6 Å². The van der Waals surface area contributed by atoms with Gasteiger partial charge in [-0.05, 0) is 31.2 Å². The second-order valence-electron chi connectivity index (χ2n) is 3.11. The van der Waals surface area contributed by atoms with E-state index >= 15 is 0 Å². The summed E-state index contributed by atoms with van der Waals surface area (Å²) in [5.41, 5.74) is 0.167. The quantitative estimate of drug-likeness (QED) is 0.795. The molecule has 0 saturated heterocycles. The molecule has 0 aliphatic carbocycles. The molecular weight excluding hydrogens is 240 g/mol. The first-order chi connectivity index (χ1) is 8.38. The van der Waals surface area contributed by atoms with Crippen LogP contribution in [0.5, 0.6) is 0 Å². The van der Waals surface area contributed by atoms with Crippen molar-refractivity contribution in [3.8, 4) is 0 Å². The molecule has 1 aromatic carbocycles. The molecule has 0 radical (unpaired) electrons. The van der Waals surface area contributed by atoms with Gasteiger partial charge >= 0.3 is 17.9 Å². The lowest BCUT2D eigenvalue weighted by atomic mass is 10.1. The summed E-state index contributed by atoms with van der Waals surface area (Å²) in [6.45, 7) is 3.65. The molecule has 0 aromatic heterocycles. The molecule has 0 aliphatic rings. The van der Waals surface area contributed by atoms with Crippen LogP contribution in [0.3, 0.4) is 0 Å². The molecule has 6 heteroatoms. The fourth-order valence-corrected chi connectivity index (χ4v) is 0.959. The third-order valence-corrected chi connectivity index (χ3v) is 1.73. The van der Waals surface area contributed by atoms with Gasteiger partial charge in [-0.1, -0.05) is 0 Å². The normalized spacial score (nSPS) is 8.78. The van der Waals surface area contributed by atoms with Gasteiger partial charge in [-0.3, -0.25) is 4.79 Å². The number of carboxylic acid groups (broad SMARTS) is 2. The van der Waals surface area contributed by atoms with Crippen LogP contribution in [0.15, 0.2) is 24.3 Å². The van der Waals surface area contributed by atoms with Gasteiger partial charge in [0.1, 0.15) is 0 Å². The van der Waals surface area contributed by atoms with E-state index < -0.39 is 11.9 Å². The highest BCUT2D eigenvalue weighted by molar-refractivity contribution is 5.91. The van der Waals surface area contributed by atoms with E-state index in [1.165, 1.54) is 31.2 Å². The minimum Gasteiger partial charge on any atom is -0.478 e. The molecule has 0 spiro atoms. The Hall–Kier alpha value is -2.37. The summed E-state index contributed by atoms with van der Waals surface area (Å²) < 4.78 is 4.40. The first kappa shape index (κ1) is 15.6. The van der Waals surface area contributed by atoms with Crippen molar-refractivity contribution in [2.45, 2.75) is 13.8 Å². The largest absolute Gasteiger partial charge is 0.478 e. The highest BCUT2D eigenvalue weighted by Crippen LogP contribution is 2.03. The van der Waals surface area contributed by atoms with E-state index in [2.05, 4.69) is 4.74 Å². The van der Waals surface area contributed by atoms with E-state index in [0.717, 1.165) is 0 Å². The Morgan fingerprint density at radius 1 is 1.00 bits per heavy atom. The lowest BCUT2D eigenvalue weighted by Gasteiger charge is -1.94.